The van der Waals surface area contributed by atoms with Crippen LogP contribution in [0.5, 0.6) is 0 Å². The summed E-state index contributed by atoms with van der Waals surface area (Å²) in [5.41, 5.74) is 4.67. The molecule has 4 aromatic rings. The molecule has 0 amide bonds. The normalized spacial score (nSPS) is 11.0. The van der Waals surface area contributed by atoms with Crippen molar-refractivity contribution in [2.24, 2.45) is 0 Å². The van der Waals surface area contributed by atoms with E-state index in [4.69, 9.17) is 0 Å². The zero-order valence-corrected chi connectivity index (χ0v) is 14.1. The number of nitrogens with zero attached hydrogens (tertiary/aromatic N) is 3. The number of pyridine rings is 3. The Bertz CT molecular complexity index is 993. The smallest absolute Gasteiger partial charge is 0.137 e. The second-order valence-corrected chi connectivity index (χ2v) is 6.09. The Morgan fingerprint density at radius 3 is 2.62 bits per heavy atom. The number of aromatic amines is 1. The molecule has 0 aliphatic heterocycles. The Kier molecular flexibility index (Phi) is 4.55. The molecule has 6 heteroatoms. The molecule has 26 heavy (non-hydrogen) atoms. The zero-order valence-electron chi connectivity index (χ0n) is 14.1. The average molecular weight is 347 g/mol. The van der Waals surface area contributed by atoms with E-state index in [0.29, 0.717) is 12.2 Å². The minimum absolute atomic E-state index is 0.448. The van der Waals surface area contributed by atoms with E-state index in [9.17, 15) is 4.39 Å². The van der Waals surface area contributed by atoms with Crippen molar-refractivity contribution >= 4 is 16.9 Å². The highest BCUT2D eigenvalue weighted by Gasteiger charge is 2.05. The zero-order chi connectivity index (χ0) is 17.8. The molecule has 0 bridgehead atoms. The number of H-pyrrole nitrogens is 1. The van der Waals surface area contributed by atoms with Gasteiger partial charge < -0.3 is 10.3 Å². The number of aromatic nitrogens is 4. The standard InChI is InChI=1S/C20H18FN5/c21-9-17-5-3-15(11-23-17)12-25-19-6-4-14(10-24-19)8-16-13-26-20-18(16)2-1-7-22-20/h1-7,10-11,13H,8-9,12H2,(H,22,26)(H,24,25). The molecule has 4 aromatic heterocycles. The van der Waals surface area contributed by atoms with Gasteiger partial charge in [-0.25, -0.2) is 14.4 Å². The minimum atomic E-state index is -0.538. The Hall–Kier alpha value is -3.28. The first-order valence-corrected chi connectivity index (χ1v) is 8.41. The van der Waals surface area contributed by atoms with Crippen LogP contribution in [0.3, 0.4) is 0 Å². The van der Waals surface area contributed by atoms with Gasteiger partial charge in [0.1, 0.15) is 18.1 Å². The number of alkyl halides is 1. The van der Waals surface area contributed by atoms with Crippen LogP contribution in [0.4, 0.5) is 10.2 Å². The summed E-state index contributed by atoms with van der Waals surface area (Å²) in [4.78, 5) is 16.0. The van der Waals surface area contributed by atoms with Crippen molar-refractivity contribution in [3.05, 3.63) is 83.6 Å². The van der Waals surface area contributed by atoms with Crippen LogP contribution in [0.15, 0.2) is 61.2 Å². The van der Waals surface area contributed by atoms with Gasteiger partial charge in [-0.05, 0) is 41.0 Å². The summed E-state index contributed by atoms with van der Waals surface area (Å²) in [7, 11) is 0. The lowest BCUT2D eigenvalue weighted by Crippen LogP contribution is -2.02. The van der Waals surface area contributed by atoms with Gasteiger partial charge in [0.15, 0.2) is 0 Å². The van der Waals surface area contributed by atoms with E-state index in [1.54, 1.807) is 18.5 Å². The minimum Gasteiger partial charge on any atom is -0.366 e. The van der Waals surface area contributed by atoms with E-state index < -0.39 is 6.67 Å². The molecule has 0 spiro atoms. The molecule has 130 valence electrons. The van der Waals surface area contributed by atoms with E-state index in [2.05, 4.69) is 37.4 Å². The SMILES string of the molecule is FCc1ccc(CNc2ccc(Cc3c[nH]c4ncccc34)cn2)cn1. The first-order chi connectivity index (χ1) is 12.8. The lowest BCUT2D eigenvalue weighted by molar-refractivity contribution is 0.476. The first-order valence-electron chi connectivity index (χ1n) is 8.41. The third-order valence-electron chi connectivity index (χ3n) is 4.25. The highest BCUT2D eigenvalue weighted by atomic mass is 19.1. The summed E-state index contributed by atoms with van der Waals surface area (Å²) in [5.74, 6) is 0.795. The molecule has 4 rings (SSSR count). The van der Waals surface area contributed by atoms with Crippen molar-refractivity contribution in [3.8, 4) is 0 Å². The maximum atomic E-state index is 12.5. The summed E-state index contributed by atoms with van der Waals surface area (Å²) < 4.78 is 12.5. The Morgan fingerprint density at radius 2 is 1.85 bits per heavy atom. The van der Waals surface area contributed by atoms with Gasteiger partial charge in [0.05, 0.1) is 5.69 Å². The fourth-order valence-electron chi connectivity index (χ4n) is 2.84. The number of rotatable bonds is 6. The molecule has 0 fully saturated rings. The molecular formula is C20H18FN5. The Morgan fingerprint density at radius 1 is 0.962 bits per heavy atom. The fraction of sp³-hybridized carbons (Fsp3) is 0.150. The van der Waals surface area contributed by atoms with Crippen molar-refractivity contribution < 1.29 is 4.39 Å². The van der Waals surface area contributed by atoms with Crippen LogP contribution in [-0.2, 0) is 19.6 Å². The molecule has 0 saturated carbocycles. The molecule has 0 atom stereocenters. The third-order valence-corrected chi connectivity index (χ3v) is 4.25. The van der Waals surface area contributed by atoms with Gasteiger partial charge in [-0.2, -0.15) is 0 Å². The molecule has 5 nitrogen and oxygen atoms in total. The second kappa shape index (κ2) is 7.31. The van der Waals surface area contributed by atoms with Gasteiger partial charge in [0, 0.05) is 43.1 Å². The van der Waals surface area contributed by atoms with Crippen molar-refractivity contribution in [2.75, 3.05) is 5.32 Å². The first kappa shape index (κ1) is 16.2. The molecule has 0 aliphatic carbocycles. The summed E-state index contributed by atoms with van der Waals surface area (Å²) >= 11 is 0. The van der Waals surface area contributed by atoms with Crippen LogP contribution in [0.1, 0.15) is 22.4 Å². The lowest BCUT2D eigenvalue weighted by Gasteiger charge is -2.07. The summed E-state index contributed by atoms with van der Waals surface area (Å²) in [6.07, 6.45) is 8.14. The molecular weight excluding hydrogens is 329 g/mol. The second-order valence-electron chi connectivity index (χ2n) is 6.09. The quantitative estimate of drug-likeness (QED) is 0.553. The van der Waals surface area contributed by atoms with Crippen LogP contribution in [0.2, 0.25) is 0 Å². The van der Waals surface area contributed by atoms with Gasteiger partial charge >= 0.3 is 0 Å². The average Bonchev–Trinajstić information content (AvgIpc) is 3.11. The van der Waals surface area contributed by atoms with Crippen molar-refractivity contribution in [1.82, 2.24) is 19.9 Å². The van der Waals surface area contributed by atoms with Crippen molar-refractivity contribution in [2.45, 2.75) is 19.6 Å². The number of nitrogens with one attached hydrogen (secondary N) is 2. The molecule has 2 N–H and O–H groups in total. The lowest BCUT2D eigenvalue weighted by atomic mass is 10.1. The van der Waals surface area contributed by atoms with Crippen LogP contribution >= 0.6 is 0 Å². The molecule has 0 aromatic carbocycles. The van der Waals surface area contributed by atoms with E-state index in [0.717, 1.165) is 34.4 Å². The Labute approximate surface area is 150 Å². The van der Waals surface area contributed by atoms with Crippen LogP contribution in [0, 0.1) is 0 Å². The maximum Gasteiger partial charge on any atom is 0.137 e. The monoisotopic (exact) mass is 347 g/mol. The topological polar surface area (TPSA) is 66.5 Å². The summed E-state index contributed by atoms with van der Waals surface area (Å²) in [5, 5.41) is 4.39. The Balaban J connectivity index is 1.40. The molecule has 0 saturated heterocycles. The summed E-state index contributed by atoms with van der Waals surface area (Å²) in [6.45, 7) is 0.0588. The number of anilines is 1. The van der Waals surface area contributed by atoms with E-state index >= 15 is 0 Å². The van der Waals surface area contributed by atoms with Crippen molar-refractivity contribution in [1.29, 1.82) is 0 Å². The number of halogens is 1. The van der Waals surface area contributed by atoms with Crippen molar-refractivity contribution in [3.63, 3.8) is 0 Å². The predicted octanol–water partition coefficient (Wildman–Crippen LogP) is 4.03. The number of hydrogen-bond donors (Lipinski definition) is 2. The fourth-order valence-corrected chi connectivity index (χ4v) is 2.84. The van der Waals surface area contributed by atoms with Crippen LogP contribution < -0.4 is 5.32 Å². The molecule has 0 unspecified atom stereocenters. The predicted molar refractivity (Wildman–Crippen MR) is 99.5 cm³/mol. The molecule has 0 radical (unpaired) electrons. The maximum absolute atomic E-state index is 12.5. The number of hydrogen-bond acceptors (Lipinski definition) is 4. The van der Waals surface area contributed by atoms with E-state index in [1.165, 1.54) is 5.56 Å². The number of fused-ring (bicyclic) bond motifs is 1. The van der Waals surface area contributed by atoms with Crippen LogP contribution in [-0.4, -0.2) is 19.9 Å². The largest absolute Gasteiger partial charge is 0.366 e. The summed E-state index contributed by atoms with van der Waals surface area (Å²) in [6, 6.07) is 11.6. The van der Waals surface area contributed by atoms with Gasteiger partial charge in [0.2, 0.25) is 0 Å². The van der Waals surface area contributed by atoms with E-state index in [1.807, 2.05) is 30.6 Å². The highest BCUT2D eigenvalue weighted by molar-refractivity contribution is 5.79. The van der Waals surface area contributed by atoms with Gasteiger partial charge in [0.25, 0.3) is 0 Å². The molecule has 0 aliphatic rings. The third kappa shape index (κ3) is 3.54. The van der Waals surface area contributed by atoms with Crippen LogP contribution in [0.25, 0.3) is 11.0 Å². The highest BCUT2D eigenvalue weighted by Crippen LogP contribution is 2.19. The van der Waals surface area contributed by atoms with E-state index in [-0.39, 0.29) is 0 Å². The van der Waals surface area contributed by atoms with Gasteiger partial charge in [-0.1, -0.05) is 12.1 Å². The van der Waals surface area contributed by atoms with Gasteiger partial charge in [-0.3, -0.25) is 4.98 Å². The molecule has 4 heterocycles. The van der Waals surface area contributed by atoms with Gasteiger partial charge in [-0.15, -0.1) is 0 Å².